The van der Waals surface area contributed by atoms with Crippen molar-refractivity contribution < 1.29 is 29.0 Å². The number of carboxylic acid groups (broad SMARTS) is 1. The minimum atomic E-state index is -1.03. The van der Waals surface area contributed by atoms with Crippen LogP contribution in [0.1, 0.15) is 26.7 Å². The summed E-state index contributed by atoms with van der Waals surface area (Å²) in [5.74, 6) is -0.555. The molecule has 0 spiro atoms. The number of hydrogen-bond donors (Lipinski definition) is 4. The number of urea groups is 1. The van der Waals surface area contributed by atoms with E-state index in [2.05, 4.69) is 16.0 Å². The number of amides is 3. The van der Waals surface area contributed by atoms with Gasteiger partial charge in [0, 0.05) is 11.8 Å². The van der Waals surface area contributed by atoms with E-state index in [9.17, 15) is 14.4 Å². The Bertz CT molecular complexity index is 685. The van der Waals surface area contributed by atoms with Gasteiger partial charge in [-0.05, 0) is 25.5 Å². The van der Waals surface area contributed by atoms with Gasteiger partial charge in [0.25, 0.3) is 0 Å². The summed E-state index contributed by atoms with van der Waals surface area (Å²) in [5, 5.41) is 16.5. The predicted molar refractivity (Wildman–Crippen MR) is 101 cm³/mol. The number of hydrogen-bond acceptors (Lipinski definition) is 6. The van der Waals surface area contributed by atoms with Crippen molar-refractivity contribution in [2.24, 2.45) is 0 Å². The minimum absolute atomic E-state index is 0. The van der Waals surface area contributed by atoms with E-state index >= 15 is 0 Å². The summed E-state index contributed by atoms with van der Waals surface area (Å²) in [5.41, 5.74) is 0.439. The van der Waals surface area contributed by atoms with Gasteiger partial charge in [-0.1, -0.05) is 13.3 Å². The van der Waals surface area contributed by atoms with Gasteiger partial charge < -0.3 is 19.9 Å². The Labute approximate surface area is 163 Å². The molecular formula is C17H24ClN3O6. The summed E-state index contributed by atoms with van der Waals surface area (Å²) in [7, 11) is 0. The average molecular weight is 402 g/mol. The van der Waals surface area contributed by atoms with Gasteiger partial charge in [0.2, 0.25) is 5.91 Å². The highest BCUT2D eigenvalue weighted by Gasteiger charge is 2.23. The Morgan fingerprint density at radius 3 is 2.48 bits per heavy atom. The molecule has 150 valence electrons. The number of fused-ring (bicyclic) bond motifs is 1. The van der Waals surface area contributed by atoms with E-state index in [0.29, 0.717) is 43.2 Å². The lowest BCUT2D eigenvalue weighted by Crippen LogP contribution is -2.51. The number of carbonyl (C=O) groups excluding carboxylic acids is 2. The van der Waals surface area contributed by atoms with Gasteiger partial charge in [0.1, 0.15) is 19.3 Å². The molecule has 3 amide bonds. The topological polar surface area (TPSA) is 126 Å². The molecule has 0 bridgehead atoms. The van der Waals surface area contributed by atoms with Crippen molar-refractivity contribution in [2.45, 2.75) is 38.8 Å². The van der Waals surface area contributed by atoms with E-state index in [1.54, 1.807) is 18.2 Å². The Morgan fingerprint density at radius 2 is 1.85 bits per heavy atom. The number of carbonyl (C=O) groups is 3. The second-order valence-corrected chi connectivity index (χ2v) is 5.87. The maximum atomic E-state index is 12.1. The summed E-state index contributed by atoms with van der Waals surface area (Å²) in [4.78, 5) is 35.2. The maximum absolute atomic E-state index is 12.1. The lowest BCUT2D eigenvalue weighted by atomic mass is 10.1. The zero-order valence-electron chi connectivity index (χ0n) is 15.1. The molecule has 1 aliphatic heterocycles. The molecule has 0 fully saturated rings. The molecule has 1 aliphatic rings. The van der Waals surface area contributed by atoms with Crippen molar-refractivity contribution in [2.75, 3.05) is 18.5 Å². The summed E-state index contributed by atoms with van der Waals surface area (Å²) in [6, 6.07) is 2.49. The number of anilines is 1. The third-order valence-corrected chi connectivity index (χ3v) is 3.76. The van der Waals surface area contributed by atoms with Gasteiger partial charge in [0.05, 0.1) is 6.04 Å². The summed E-state index contributed by atoms with van der Waals surface area (Å²) < 4.78 is 10.8. The van der Waals surface area contributed by atoms with Crippen LogP contribution in [-0.2, 0) is 9.59 Å². The van der Waals surface area contributed by atoms with E-state index in [1.165, 1.54) is 6.92 Å². The van der Waals surface area contributed by atoms with Gasteiger partial charge in [-0.25, -0.2) is 4.79 Å². The minimum Gasteiger partial charge on any atom is -0.486 e. The molecule has 0 saturated heterocycles. The van der Waals surface area contributed by atoms with Crippen LogP contribution in [0.15, 0.2) is 18.2 Å². The van der Waals surface area contributed by atoms with Gasteiger partial charge in [0.15, 0.2) is 11.5 Å². The molecule has 10 heteroatoms. The molecule has 1 heterocycles. The third-order valence-electron chi connectivity index (χ3n) is 3.76. The molecule has 27 heavy (non-hydrogen) atoms. The fourth-order valence-corrected chi connectivity index (χ4v) is 2.45. The molecule has 2 rings (SSSR count). The molecular weight excluding hydrogens is 378 g/mol. The van der Waals surface area contributed by atoms with E-state index in [1.807, 2.05) is 6.92 Å². The Hall–Kier alpha value is -2.52. The standard InChI is InChI=1S/C17H23N3O6.ClH/c1-3-4-12(16(22)23)18-10(2)15(21)20-17(24)19-11-5-6-13-14(9-11)26-8-7-25-13;/h5-6,9-10,12,18H,3-4,7-8H2,1-2H3,(H,22,23)(H2,19,20,21,24);1H. The van der Waals surface area contributed by atoms with Gasteiger partial charge in [-0.2, -0.15) is 0 Å². The lowest BCUT2D eigenvalue weighted by Gasteiger charge is -2.20. The molecule has 4 N–H and O–H groups in total. The SMILES string of the molecule is CCCC(NC(C)C(=O)NC(=O)Nc1ccc2c(c1)OCCO2)C(=O)O.Cl. The summed E-state index contributed by atoms with van der Waals surface area (Å²) in [6.07, 6.45) is 1.04. The first-order valence-corrected chi connectivity index (χ1v) is 8.41. The predicted octanol–water partition coefficient (Wildman–Crippen LogP) is 1.76. The van der Waals surface area contributed by atoms with Crippen LogP contribution < -0.4 is 25.4 Å². The van der Waals surface area contributed by atoms with Crippen molar-refractivity contribution in [3.8, 4) is 11.5 Å². The Balaban J connectivity index is 0.00000364. The Kier molecular flexibility index (Phi) is 8.83. The number of halogens is 1. The van der Waals surface area contributed by atoms with Crippen molar-refractivity contribution in [3.05, 3.63) is 18.2 Å². The van der Waals surface area contributed by atoms with Crippen LogP contribution in [0.25, 0.3) is 0 Å². The number of carboxylic acids is 1. The average Bonchev–Trinajstić information content (AvgIpc) is 2.60. The number of aliphatic carboxylic acids is 1. The van der Waals surface area contributed by atoms with Crippen molar-refractivity contribution in [1.29, 1.82) is 0 Å². The van der Waals surface area contributed by atoms with E-state index in [4.69, 9.17) is 14.6 Å². The largest absolute Gasteiger partial charge is 0.486 e. The van der Waals surface area contributed by atoms with Crippen LogP contribution in [0.3, 0.4) is 0 Å². The van der Waals surface area contributed by atoms with Crippen LogP contribution in [-0.4, -0.2) is 48.3 Å². The van der Waals surface area contributed by atoms with Crippen LogP contribution >= 0.6 is 12.4 Å². The highest BCUT2D eigenvalue weighted by molar-refractivity contribution is 6.03. The van der Waals surface area contributed by atoms with E-state index in [-0.39, 0.29) is 12.4 Å². The zero-order valence-corrected chi connectivity index (χ0v) is 15.9. The first kappa shape index (κ1) is 22.5. The number of imide groups is 1. The molecule has 0 aromatic heterocycles. The highest BCUT2D eigenvalue weighted by Crippen LogP contribution is 2.32. The zero-order chi connectivity index (χ0) is 19.1. The van der Waals surface area contributed by atoms with Gasteiger partial charge in [-0.3, -0.25) is 20.2 Å². The molecule has 2 unspecified atom stereocenters. The van der Waals surface area contributed by atoms with Gasteiger partial charge >= 0.3 is 12.0 Å². The molecule has 0 radical (unpaired) electrons. The third kappa shape index (κ3) is 6.61. The van der Waals surface area contributed by atoms with Crippen LogP contribution in [0, 0.1) is 0 Å². The van der Waals surface area contributed by atoms with Crippen molar-refractivity contribution in [1.82, 2.24) is 10.6 Å². The molecule has 0 aliphatic carbocycles. The number of ether oxygens (including phenoxy) is 2. The van der Waals surface area contributed by atoms with E-state index < -0.39 is 30.0 Å². The monoisotopic (exact) mass is 401 g/mol. The smallest absolute Gasteiger partial charge is 0.325 e. The number of benzene rings is 1. The van der Waals surface area contributed by atoms with Crippen molar-refractivity contribution in [3.63, 3.8) is 0 Å². The summed E-state index contributed by atoms with van der Waals surface area (Å²) >= 11 is 0. The van der Waals surface area contributed by atoms with E-state index in [0.717, 1.165) is 0 Å². The van der Waals surface area contributed by atoms with Gasteiger partial charge in [-0.15, -0.1) is 12.4 Å². The first-order valence-electron chi connectivity index (χ1n) is 8.41. The molecule has 2 atom stereocenters. The fourth-order valence-electron chi connectivity index (χ4n) is 2.45. The van der Waals surface area contributed by atoms with Crippen molar-refractivity contribution >= 4 is 36.0 Å². The number of nitrogens with one attached hydrogen (secondary N) is 3. The first-order chi connectivity index (χ1) is 12.4. The second-order valence-electron chi connectivity index (χ2n) is 5.87. The maximum Gasteiger partial charge on any atom is 0.325 e. The quantitative estimate of drug-likeness (QED) is 0.548. The molecule has 9 nitrogen and oxygen atoms in total. The van der Waals surface area contributed by atoms with Crippen LogP contribution in [0.5, 0.6) is 11.5 Å². The normalized spacial score (nSPS) is 14.3. The Morgan fingerprint density at radius 1 is 1.19 bits per heavy atom. The second kappa shape index (κ2) is 10.6. The lowest BCUT2D eigenvalue weighted by molar-refractivity contribution is -0.140. The molecule has 1 aromatic carbocycles. The molecule has 0 saturated carbocycles. The van der Waals surface area contributed by atoms with Crippen LogP contribution in [0.2, 0.25) is 0 Å². The fraction of sp³-hybridized carbons (Fsp3) is 0.471. The van der Waals surface area contributed by atoms with Crippen LogP contribution in [0.4, 0.5) is 10.5 Å². The summed E-state index contributed by atoms with van der Waals surface area (Å²) in [6.45, 7) is 4.24. The molecule has 1 aromatic rings. The highest BCUT2D eigenvalue weighted by atomic mass is 35.5. The number of rotatable bonds is 7.